The number of allylic oxidation sites excluding steroid dienone is 3. The van der Waals surface area contributed by atoms with Crippen molar-refractivity contribution in [3.8, 4) is 12.3 Å². The molecule has 0 aromatic heterocycles. The molecule has 0 atom stereocenters. The van der Waals surface area contributed by atoms with E-state index in [-0.39, 0.29) is 0 Å². The van der Waals surface area contributed by atoms with Gasteiger partial charge in [-0.3, -0.25) is 0 Å². The van der Waals surface area contributed by atoms with Gasteiger partial charge in [-0.1, -0.05) is 17.7 Å². The predicted octanol–water partition coefficient (Wildman–Crippen LogP) is 2.92. The fourth-order valence-corrected chi connectivity index (χ4v) is 0.681. The lowest BCUT2D eigenvalue weighted by Gasteiger charge is -1.91. The van der Waals surface area contributed by atoms with Gasteiger partial charge in [-0.15, -0.1) is 18.9 Å². The Hall–Kier alpha value is -0.960. The molecule has 0 N–H and O–H groups in total. The van der Waals surface area contributed by atoms with Gasteiger partial charge in [0.25, 0.3) is 0 Å². The molecule has 0 radical (unpaired) electrons. The molecule has 0 heterocycles. The molecule has 0 heteroatoms. The minimum Gasteiger partial charge on any atom is -0.120 e. The van der Waals surface area contributed by atoms with E-state index >= 15 is 0 Å². The Bertz CT molecular complexity index is 155. The molecule has 0 aliphatic carbocycles. The number of unbranched alkanes of at least 4 members (excludes halogenated alkanes) is 1. The minimum atomic E-state index is 0.775. The van der Waals surface area contributed by atoms with Gasteiger partial charge in [0, 0.05) is 6.42 Å². The van der Waals surface area contributed by atoms with Crippen LogP contribution in [-0.4, -0.2) is 0 Å². The van der Waals surface area contributed by atoms with E-state index in [1.54, 1.807) is 0 Å². The van der Waals surface area contributed by atoms with Gasteiger partial charge >= 0.3 is 0 Å². The summed E-state index contributed by atoms with van der Waals surface area (Å²) in [4.78, 5) is 0. The molecule has 0 aromatic rings. The second kappa shape index (κ2) is 6.16. The highest BCUT2D eigenvalue weighted by Crippen LogP contribution is 2.01. The van der Waals surface area contributed by atoms with Crippen LogP contribution in [0.1, 0.15) is 26.2 Å². The standard InChI is InChI=1S/C10H14/c1-4-6-7-9-10(3)8-5-2/h2,4,9H,1,6-8H2,3H3. The first kappa shape index (κ1) is 9.04. The lowest BCUT2D eigenvalue weighted by molar-refractivity contribution is 1.03. The van der Waals surface area contributed by atoms with Gasteiger partial charge in [0.05, 0.1) is 0 Å². The summed E-state index contributed by atoms with van der Waals surface area (Å²) in [5.41, 5.74) is 1.28. The van der Waals surface area contributed by atoms with Crippen LogP contribution < -0.4 is 0 Å². The topological polar surface area (TPSA) is 0 Å². The summed E-state index contributed by atoms with van der Waals surface area (Å²) in [5, 5.41) is 0. The maximum Gasteiger partial charge on any atom is 0.0293 e. The SMILES string of the molecule is C#CCC(C)=CCCC=C. The molecule has 54 valence electrons. The smallest absolute Gasteiger partial charge is 0.0293 e. The Kier molecular flexibility index (Phi) is 5.57. The van der Waals surface area contributed by atoms with E-state index in [4.69, 9.17) is 6.42 Å². The molecule has 0 unspecified atom stereocenters. The fourth-order valence-electron chi connectivity index (χ4n) is 0.681. The molecule has 0 bridgehead atoms. The van der Waals surface area contributed by atoms with Gasteiger partial charge in [0.2, 0.25) is 0 Å². The van der Waals surface area contributed by atoms with Crippen molar-refractivity contribution in [2.45, 2.75) is 26.2 Å². The second-order valence-corrected chi connectivity index (χ2v) is 2.30. The normalized spacial score (nSPS) is 10.6. The summed E-state index contributed by atoms with van der Waals surface area (Å²) in [5.74, 6) is 2.60. The Balaban J connectivity index is 3.49. The second-order valence-electron chi connectivity index (χ2n) is 2.30. The van der Waals surface area contributed by atoms with E-state index in [2.05, 4.69) is 25.5 Å². The largest absolute Gasteiger partial charge is 0.120 e. The molecule has 0 aliphatic rings. The van der Waals surface area contributed by atoms with Crippen LogP contribution in [0.25, 0.3) is 0 Å². The van der Waals surface area contributed by atoms with E-state index in [0.717, 1.165) is 19.3 Å². The van der Waals surface area contributed by atoms with E-state index < -0.39 is 0 Å². The molecule has 0 spiro atoms. The van der Waals surface area contributed by atoms with Gasteiger partial charge in [-0.05, 0) is 19.8 Å². The summed E-state index contributed by atoms with van der Waals surface area (Å²) < 4.78 is 0. The first-order valence-corrected chi connectivity index (χ1v) is 3.51. The van der Waals surface area contributed by atoms with Gasteiger partial charge in [-0.25, -0.2) is 0 Å². The van der Waals surface area contributed by atoms with Crippen LogP contribution in [-0.2, 0) is 0 Å². The molecule has 0 nitrogen and oxygen atoms in total. The van der Waals surface area contributed by atoms with Crippen molar-refractivity contribution >= 4 is 0 Å². The highest BCUT2D eigenvalue weighted by molar-refractivity contribution is 5.07. The van der Waals surface area contributed by atoms with E-state index in [9.17, 15) is 0 Å². The Morgan fingerprint density at radius 3 is 2.80 bits per heavy atom. The minimum absolute atomic E-state index is 0.775. The van der Waals surface area contributed by atoms with Gasteiger partial charge in [0.1, 0.15) is 0 Å². The van der Waals surface area contributed by atoms with Crippen LogP contribution in [0, 0.1) is 12.3 Å². The number of rotatable bonds is 4. The van der Waals surface area contributed by atoms with Crippen LogP contribution in [0.5, 0.6) is 0 Å². The molecule has 0 saturated heterocycles. The molecule has 10 heavy (non-hydrogen) atoms. The van der Waals surface area contributed by atoms with E-state index in [1.165, 1.54) is 5.57 Å². The van der Waals surface area contributed by atoms with Crippen LogP contribution in [0.4, 0.5) is 0 Å². The zero-order valence-corrected chi connectivity index (χ0v) is 6.56. The van der Waals surface area contributed by atoms with Gasteiger partial charge < -0.3 is 0 Å². The van der Waals surface area contributed by atoms with E-state index in [0.29, 0.717) is 0 Å². The summed E-state index contributed by atoms with van der Waals surface area (Å²) in [6, 6.07) is 0. The number of hydrogen-bond donors (Lipinski definition) is 0. The molecule has 0 rings (SSSR count). The van der Waals surface area contributed by atoms with Gasteiger partial charge in [-0.2, -0.15) is 0 Å². The molecule has 0 saturated carbocycles. The van der Waals surface area contributed by atoms with Crippen LogP contribution in [0.3, 0.4) is 0 Å². The quantitative estimate of drug-likeness (QED) is 0.315. The van der Waals surface area contributed by atoms with Crippen LogP contribution in [0.2, 0.25) is 0 Å². The summed E-state index contributed by atoms with van der Waals surface area (Å²) in [6.45, 7) is 5.69. The summed E-state index contributed by atoms with van der Waals surface area (Å²) in [7, 11) is 0. The Morgan fingerprint density at radius 1 is 1.60 bits per heavy atom. The van der Waals surface area contributed by atoms with Crippen molar-refractivity contribution in [3.63, 3.8) is 0 Å². The lowest BCUT2D eigenvalue weighted by atomic mass is 10.1. The predicted molar refractivity (Wildman–Crippen MR) is 46.6 cm³/mol. The third-order valence-electron chi connectivity index (χ3n) is 1.24. The first-order chi connectivity index (χ1) is 4.81. The first-order valence-electron chi connectivity index (χ1n) is 3.51. The zero-order valence-electron chi connectivity index (χ0n) is 6.56. The molecule has 0 aromatic carbocycles. The Morgan fingerprint density at radius 2 is 2.30 bits per heavy atom. The van der Waals surface area contributed by atoms with E-state index in [1.807, 2.05) is 6.08 Å². The fraction of sp³-hybridized carbons (Fsp3) is 0.400. The van der Waals surface area contributed by atoms with Crippen molar-refractivity contribution < 1.29 is 0 Å². The highest BCUT2D eigenvalue weighted by Gasteiger charge is 1.82. The molecular formula is C10H14. The maximum absolute atomic E-state index is 5.12. The van der Waals surface area contributed by atoms with Gasteiger partial charge in [0.15, 0.2) is 0 Å². The molecule has 0 amide bonds. The highest BCUT2D eigenvalue weighted by atomic mass is 13.9. The van der Waals surface area contributed by atoms with Crippen molar-refractivity contribution in [3.05, 3.63) is 24.3 Å². The van der Waals surface area contributed by atoms with Crippen LogP contribution in [0.15, 0.2) is 24.3 Å². The van der Waals surface area contributed by atoms with Crippen LogP contribution >= 0.6 is 0 Å². The average Bonchev–Trinajstić information content (AvgIpc) is 1.89. The Labute approximate surface area is 63.6 Å². The monoisotopic (exact) mass is 134 g/mol. The van der Waals surface area contributed by atoms with Crippen molar-refractivity contribution in [2.24, 2.45) is 0 Å². The zero-order chi connectivity index (χ0) is 7.82. The lowest BCUT2D eigenvalue weighted by Crippen LogP contribution is -1.73. The maximum atomic E-state index is 5.12. The average molecular weight is 134 g/mol. The molecule has 0 fully saturated rings. The van der Waals surface area contributed by atoms with Crippen molar-refractivity contribution in [1.29, 1.82) is 0 Å². The molecular weight excluding hydrogens is 120 g/mol. The number of terminal acetylenes is 1. The number of hydrogen-bond acceptors (Lipinski definition) is 0. The summed E-state index contributed by atoms with van der Waals surface area (Å²) >= 11 is 0. The summed E-state index contributed by atoms with van der Waals surface area (Å²) in [6.07, 6.45) is 12.1. The van der Waals surface area contributed by atoms with Crippen molar-refractivity contribution in [2.75, 3.05) is 0 Å². The van der Waals surface area contributed by atoms with Crippen molar-refractivity contribution in [1.82, 2.24) is 0 Å². The third-order valence-corrected chi connectivity index (χ3v) is 1.24. The molecule has 0 aliphatic heterocycles. The third kappa shape index (κ3) is 5.18.